The molecule has 0 spiro atoms. The summed E-state index contributed by atoms with van der Waals surface area (Å²) in [5.74, 6) is 0.699. The Hall–Kier alpha value is -2.80. The number of carbonyl (C=O) groups excluding carboxylic acids is 1. The summed E-state index contributed by atoms with van der Waals surface area (Å²) in [4.78, 5) is 12.2. The molecule has 2 N–H and O–H groups in total. The van der Waals surface area contributed by atoms with Crippen molar-refractivity contribution in [3.05, 3.63) is 64.8 Å². The Balaban J connectivity index is 0.00000136. The van der Waals surface area contributed by atoms with Gasteiger partial charge in [0, 0.05) is 24.8 Å². The number of carbonyl (C=O) groups is 1. The molecule has 1 aromatic heterocycles. The minimum Gasteiger partial charge on any atom is -0.496 e. The minimum atomic E-state index is -0.269. The van der Waals surface area contributed by atoms with Crippen molar-refractivity contribution in [2.75, 3.05) is 12.4 Å². The molecule has 0 aliphatic carbocycles. The largest absolute Gasteiger partial charge is 0.496 e. The van der Waals surface area contributed by atoms with Gasteiger partial charge in [0.05, 0.1) is 23.5 Å². The number of aromatic nitrogens is 2. The molecule has 3 aromatic rings. The van der Waals surface area contributed by atoms with Crippen molar-refractivity contribution in [2.45, 2.75) is 20.4 Å². The molecule has 0 fully saturated rings. The van der Waals surface area contributed by atoms with Crippen LogP contribution in [0.25, 0.3) is 11.3 Å². The van der Waals surface area contributed by atoms with Crippen LogP contribution in [0.3, 0.4) is 0 Å². The summed E-state index contributed by atoms with van der Waals surface area (Å²) in [7, 11) is 3.47. The first-order valence-electron chi connectivity index (χ1n) is 9.03. The van der Waals surface area contributed by atoms with Gasteiger partial charge in [0.25, 0.3) is 0 Å². The first-order chi connectivity index (χ1) is 13.6. The normalized spacial score (nSPS) is 9.89. The van der Waals surface area contributed by atoms with Gasteiger partial charge >= 0.3 is 6.03 Å². The maximum Gasteiger partial charge on any atom is 0.319 e. The Morgan fingerprint density at radius 2 is 1.89 bits per heavy atom. The van der Waals surface area contributed by atoms with Crippen LogP contribution in [-0.4, -0.2) is 22.9 Å². The summed E-state index contributed by atoms with van der Waals surface area (Å²) in [5, 5.41) is 9.94. The smallest absolute Gasteiger partial charge is 0.319 e. The predicted octanol–water partition coefficient (Wildman–Crippen LogP) is 5.21. The van der Waals surface area contributed by atoms with Crippen molar-refractivity contribution in [3.8, 4) is 17.0 Å². The van der Waals surface area contributed by atoms with E-state index in [1.54, 1.807) is 24.1 Å². The van der Waals surface area contributed by atoms with Crippen molar-refractivity contribution in [3.63, 3.8) is 0 Å². The Morgan fingerprint density at radius 1 is 1.18 bits per heavy atom. The van der Waals surface area contributed by atoms with Gasteiger partial charge in [0.15, 0.2) is 0 Å². The Morgan fingerprint density at radius 3 is 2.50 bits per heavy atom. The molecule has 6 nitrogen and oxygen atoms in total. The maximum absolute atomic E-state index is 12.2. The fourth-order valence-corrected chi connectivity index (χ4v) is 3.20. The van der Waals surface area contributed by atoms with Gasteiger partial charge in [-0.15, -0.1) is 0 Å². The molecule has 0 radical (unpaired) electrons. The van der Waals surface area contributed by atoms with Crippen LogP contribution in [0.2, 0.25) is 0 Å². The monoisotopic (exact) mass is 444 g/mol. The number of hydrogen-bond acceptors (Lipinski definition) is 3. The van der Waals surface area contributed by atoms with E-state index in [2.05, 4.69) is 31.7 Å². The quantitative estimate of drug-likeness (QED) is 0.567. The van der Waals surface area contributed by atoms with Crippen molar-refractivity contribution in [1.29, 1.82) is 0 Å². The summed E-state index contributed by atoms with van der Waals surface area (Å²) in [6, 6.07) is 15.0. The molecule has 0 aliphatic rings. The molecule has 2 amide bonds. The molecular weight excluding hydrogens is 420 g/mol. The highest BCUT2D eigenvalue weighted by Gasteiger charge is 2.15. The zero-order valence-electron chi connectivity index (χ0n) is 16.5. The number of urea groups is 1. The third-order valence-corrected chi connectivity index (χ3v) is 4.48. The molecule has 28 heavy (non-hydrogen) atoms. The maximum atomic E-state index is 12.2. The molecule has 2 aromatic carbocycles. The SMILES string of the molecule is CC.COc1ccc(NC(=O)NCc2ccccc2)cc1-c1c(Br)cnn1C. The number of hydrogen-bond donors (Lipinski definition) is 2. The number of benzene rings is 2. The second kappa shape index (κ2) is 10.5. The molecule has 0 atom stereocenters. The van der Waals surface area contributed by atoms with Crippen LogP contribution in [0, 0.1) is 0 Å². The lowest BCUT2D eigenvalue weighted by atomic mass is 10.1. The lowest BCUT2D eigenvalue weighted by Crippen LogP contribution is -2.28. The number of ether oxygens (including phenoxy) is 1. The first-order valence-corrected chi connectivity index (χ1v) is 9.82. The molecule has 0 saturated heterocycles. The molecule has 0 unspecified atom stereocenters. The Bertz CT molecular complexity index is 891. The number of halogens is 1. The molecule has 0 saturated carbocycles. The van der Waals surface area contributed by atoms with Gasteiger partial charge in [0.2, 0.25) is 0 Å². The van der Waals surface area contributed by atoms with E-state index in [0.717, 1.165) is 21.3 Å². The topological polar surface area (TPSA) is 68.2 Å². The van der Waals surface area contributed by atoms with E-state index >= 15 is 0 Å². The highest BCUT2D eigenvalue weighted by molar-refractivity contribution is 9.10. The standard InChI is InChI=1S/C19H19BrN4O2.C2H6/c1-24-18(16(20)12-22-24)15-10-14(8-9-17(15)26-2)23-19(25)21-11-13-6-4-3-5-7-13;1-2/h3-10,12H,11H2,1-2H3,(H2,21,23,25);1-2H3. The average molecular weight is 445 g/mol. The summed E-state index contributed by atoms with van der Waals surface area (Å²) >= 11 is 3.50. The molecular formula is C21H25BrN4O2. The van der Waals surface area contributed by atoms with E-state index in [1.807, 2.05) is 63.4 Å². The van der Waals surface area contributed by atoms with Gasteiger partial charge in [-0.05, 0) is 39.7 Å². The summed E-state index contributed by atoms with van der Waals surface area (Å²) < 4.78 is 8.06. The van der Waals surface area contributed by atoms with Crippen molar-refractivity contribution in [2.24, 2.45) is 7.05 Å². The van der Waals surface area contributed by atoms with Crippen molar-refractivity contribution < 1.29 is 9.53 Å². The van der Waals surface area contributed by atoms with Gasteiger partial charge in [-0.3, -0.25) is 4.68 Å². The van der Waals surface area contributed by atoms with Crippen LogP contribution in [0.4, 0.5) is 10.5 Å². The van der Waals surface area contributed by atoms with Gasteiger partial charge in [0.1, 0.15) is 5.75 Å². The molecule has 0 aliphatic heterocycles. The van der Waals surface area contributed by atoms with Gasteiger partial charge in [-0.25, -0.2) is 4.79 Å². The predicted molar refractivity (Wildman–Crippen MR) is 117 cm³/mol. The van der Waals surface area contributed by atoms with Crippen LogP contribution < -0.4 is 15.4 Å². The second-order valence-corrected chi connectivity index (χ2v) is 6.53. The Labute approximate surface area is 174 Å². The number of aryl methyl sites for hydroxylation is 1. The summed E-state index contributed by atoms with van der Waals surface area (Å²) in [6.45, 7) is 4.46. The number of anilines is 1. The van der Waals surface area contributed by atoms with Crippen LogP contribution >= 0.6 is 15.9 Å². The van der Waals surface area contributed by atoms with Crippen LogP contribution in [0.5, 0.6) is 5.75 Å². The molecule has 1 heterocycles. The number of nitrogens with zero attached hydrogens (tertiary/aromatic N) is 2. The third kappa shape index (κ3) is 5.36. The van der Waals surface area contributed by atoms with Crippen LogP contribution in [0.15, 0.2) is 59.2 Å². The van der Waals surface area contributed by atoms with Crippen molar-refractivity contribution in [1.82, 2.24) is 15.1 Å². The number of amides is 2. The number of nitrogens with one attached hydrogen (secondary N) is 2. The van der Waals surface area contributed by atoms with E-state index in [0.29, 0.717) is 18.0 Å². The van der Waals surface area contributed by atoms with Gasteiger partial charge in [-0.1, -0.05) is 44.2 Å². The zero-order valence-corrected chi connectivity index (χ0v) is 18.1. The first kappa shape index (κ1) is 21.5. The average Bonchev–Trinajstić information content (AvgIpc) is 3.06. The lowest BCUT2D eigenvalue weighted by molar-refractivity contribution is 0.251. The van der Waals surface area contributed by atoms with E-state index in [1.165, 1.54) is 0 Å². The summed E-state index contributed by atoms with van der Waals surface area (Å²) in [5.41, 5.74) is 3.41. The van der Waals surface area contributed by atoms with E-state index < -0.39 is 0 Å². The molecule has 148 valence electrons. The van der Waals surface area contributed by atoms with Crippen LogP contribution in [0.1, 0.15) is 19.4 Å². The van der Waals surface area contributed by atoms with Crippen LogP contribution in [-0.2, 0) is 13.6 Å². The van der Waals surface area contributed by atoms with Crippen molar-refractivity contribution >= 4 is 27.6 Å². The highest BCUT2D eigenvalue weighted by atomic mass is 79.9. The fraction of sp³-hybridized carbons (Fsp3) is 0.238. The summed E-state index contributed by atoms with van der Waals surface area (Å²) in [6.07, 6.45) is 1.72. The lowest BCUT2D eigenvalue weighted by Gasteiger charge is -2.13. The Kier molecular flexibility index (Phi) is 8.07. The molecule has 0 bridgehead atoms. The highest BCUT2D eigenvalue weighted by Crippen LogP contribution is 2.36. The van der Waals surface area contributed by atoms with E-state index in [4.69, 9.17) is 4.74 Å². The zero-order chi connectivity index (χ0) is 20.5. The van der Waals surface area contributed by atoms with Gasteiger partial charge in [-0.2, -0.15) is 5.10 Å². The molecule has 3 rings (SSSR count). The van der Waals surface area contributed by atoms with E-state index in [9.17, 15) is 4.79 Å². The minimum absolute atomic E-state index is 0.269. The third-order valence-electron chi connectivity index (χ3n) is 3.90. The van der Waals surface area contributed by atoms with Gasteiger partial charge < -0.3 is 15.4 Å². The number of rotatable bonds is 5. The molecule has 7 heteroatoms. The second-order valence-electron chi connectivity index (χ2n) is 5.67. The van der Waals surface area contributed by atoms with E-state index in [-0.39, 0.29) is 6.03 Å². The number of methoxy groups -OCH3 is 1. The fourth-order valence-electron chi connectivity index (χ4n) is 2.64.